The van der Waals surface area contributed by atoms with Crippen LogP contribution in [0, 0.1) is 0 Å². The molecule has 0 bridgehead atoms. The molecule has 0 saturated heterocycles. The minimum absolute atomic E-state index is 0.346. The van der Waals surface area contributed by atoms with E-state index in [2.05, 4.69) is 32.7 Å². The van der Waals surface area contributed by atoms with E-state index in [1.54, 1.807) is 6.33 Å². The number of hydrogen-bond donors (Lipinski definition) is 1. The van der Waals surface area contributed by atoms with E-state index in [9.17, 15) is 0 Å². The number of nitrogens with two attached hydrogens (primary N) is 1. The molecular weight excluding hydrogens is 226 g/mol. The number of nitrogens with zero attached hydrogens (tertiary/aromatic N) is 4. The maximum Gasteiger partial charge on any atom is 0.147 e. The molecule has 1 unspecified atom stereocenters. The smallest absolute Gasteiger partial charge is 0.147 e. The van der Waals surface area contributed by atoms with Gasteiger partial charge in [0.2, 0.25) is 0 Å². The topological polar surface area (TPSA) is 60.0 Å². The first-order valence-electron chi connectivity index (χ1n) is 6.20. The van der Waals surface area contributed by atoms with Crippen LogP contribution >= 0.6 is 0 Å². The molecule has 2 N–H and O–H groups in total. The van der Waals surface area contributed by atoms with Crippen LogP contribution in [-0.4, -0.2) is 26.2 Å². The normalized spacial score (nSPS) is 17.4. The first-order chi connectivity index (χ1) is 8.74. The van der Waals surface area contributed by atoms with Crippen molar-refractivity contribution >= 4 is 5.69 Å². The highest BCUT2D eigenvalue weighted by Crippen LogP contribution is 2.25. The van der Waals surface area contributed by atoms with E-state index < -0.39 is 0 Å². The van der Waals surface area contributed by atoms with Gasteiger partial charge < -0.3 is 10.3 Å². The van der Waals surface area contributed by atoms with Crippen LogP contribution in [0.4, 0.5) is 5.69 Å². The van der Waals surface area contributed by atoms with Crippen LogP contribution in [0.3, 0.4) is 0 Å². The number of anilines is 1. The van der Waals surface area contributed by atoms with Crippen molar-refractivity contribution in [2.75, 3.05) is 12.3 Å². The fourth-order valence-corrected chi connectivity index (χ4v) is 2.45. The van der Waals surface area contributed by atoms with Gasteiger partial charge in [0.25, 0.3) is 0 Å². The summed E-state index contributed by atoms with van der Waals surface area (Å²) >= 11 is 0. The Balaban J connectivity index is 1.80. The minimum Gasteiger partial charge on any atom is -0.399 e. The van der Waals surface area contributed by atoms with Gasteiger partial charge in [-0.15, -0.1) is 10.2 Å². The van der Waals surface area contributed by atoms with E-state index >= 15 is 0 Å². The van der Waals surface area contributed by atoms with Crippen LogP contribution in [0.1, 0.15) is 24.4 Å². The zero-order chi connectivity index (χ0) is 12.5. The van der Waals surface area contributed by atoms with Crippen LogP contribution in [0.15, 0.2) is 30.6 Å². The third-order valence-corrected chi connectivity index (χ3v) is 3.61. The molecule has 0 fully saturated rings. The third-order valence-electron chi connectivity index (χ3n) is 3.61. The van der Waals surface area contributed by atoms with E-state index in [1.165, 1.54) is 5.56 Å². The molecule has 5 heteroatoms. The van der Waals surface area contributed by atoms with Crippen LogP contribution in [0.25, 0.3) is 0 Å². The fraction of sp³-hybridized carbons (Fsp3) is 0.385. The van der Waals surface area contributed by atoms with Crippen molar-refractivity contribution in [1.82, 2.24) is 19.7 Å². The summed E-state index contributed by atoms with van der Waals surface area (Å²) in [6, 6.07) is 8.44. The Hall–Kier alpha value is -1.88. The maximum atomic E-state index is 5.84. The minimum atomic E-state index is 0.346. The molecule has 1 aromatic carbocycles. The summed E-state index contributed by atoms with van der Waals surface area (Å²) in [6.07, 6.45) is 1.80. The Kier molecular flexibility index (Phi) is 2.76. The summed E-state index contributed by atoms with van der Waals surface area (Å²) in [4.78, 5) is 2.40. The van der Waals surface area contributed by atoms with Gasteiger partial charge in [-0.25, -0.2) is 0 Å². The van der Waals surface area contributed by atoms with Gasteiger partial charge in [-0.1, -0.05) is 12.1 Å². The Morgan fingerprint density at radius 1 is 1.33 bits per heavy atom. The first kappa shape index (κ1) is 11.2. The van der Waals surface area contributed by atoms with Crippen molar-refractivity contribution < 1.29 is 0 Å². The summed E-state index contributed by atoms with van der Waals surface area (Å²) in [6.45, 7) is 5.02. The van der Waals surface area contributed by atoms with Crippen molar-refractivity contribution in [3.63, 3.8) is 0 Å². The van der Waals surface area contributed by atoms with Crippen LogP contribution in [0.2, 0.25) is 0 Å². The van der Waals surface area contributed by atoms with E-state index in [0.29, 0.717) is 6.04 Å². The number of hydrogen-bond acceptors (Lipinski definition) is 4. The largest absolute Gasteiger partial charge is 0.399 e. The Bertz CT molecular complexity index is 548. The quantitative estimate of drug-likeness (QED) is 0.811. The molecule has 2 heterocycles. The van der Waals surface area contributed by atoms with E-state index in [1.807, 2.05) is 18.2 Å². The van der Waals surface area contributed by atoms with E-state index in [0.717, 1.165) is 31.1 Å². The summed E-state index contributed by atoms with van der Waals surface area (Å²) < 4.78 is 2.11. The van der Waals surface area contributed by atoms with Crippen molar-refractivity contribution in [3.05, 3.63) is 42.0 Å². The predicted molar refractivity (Wildman–Crippen MR) is 69.7 cm³/mol. The average molecular weight is 243 g/mol. The van der Waals surface area contributed by atoms with Crippen molar-refractivity contribution in [3.8, 4) is 0 Å². The lowest BCUT2D eigenvalue weighted by Gasteiger charge is -2.32. The Morgan fingerprint density at radius 2 is 2.22 bits per heavy atom. The highest BCUT2D eigenvalue weighted by molar-refractivity contribution is 5.41. The average Bonchev–Trinajstić information content (AvgIpc) is 2.85. The van der Waals surface area contributed by atoms with Gasteiger partial charge in [0, 0.05) is 24.8 Å². The molecule has 94 valence electrons. The highest BCUT2D eigenvalue weighted by Gasteiger charge is 2.22. The Labute approximate surface area is 106 Å². The van der Waals surface area contributed by atoms with E-state index in [4.69, 9.17) is 5.73 Å². The predicted octanol–water partition coefficient (Wildman–Crippen LogP) is 1.44. The first-order valence-corrected chi connectivity index (χ1v) is 6.20. The molecule has 3 rings (SSSR count). The van der Waals surface area contributed by atoms with E-state index in [-0.39, 0.29) is 0 Å². The molecule has 0 saturated carbocycles. The monoisotopic (exact) mass is 243 g/mol. The second kappa shape index (κ2) is 4.42. The summed E-state index contributed by atoms with van der Waals surface area (Å²) in [5.41, 5.74) is 7.91. The second-order valence-electron chi connectivity index (χ2n) is 4.76. The second-order valence-corrected chi connectivity index (χ2v) is 4.76. The van der Waals surface area contributed by atoms with Crippen molar-refractivity contribution in [2.45, 2.75) is 26.1 Å². The number of benzene rings is 1. The molecule has 0 spiro atoms. The van der Waals surface area contributed by atoms with Gasteiger partial charge in [0.1, 0.15) is 12.2 Å². The van der Waals surface area contributed by atoms with Crippen LogP contribution < -0.4 is 5.73 Å². The lowest BCUT2D eigenvalue weighted by Crippen LogP contribution is -2.35. The summed E-state index contributed by atoms with van der Waals surface area (Å²) in [5.74, 6) is 1.04. The zero-order valence-electron chi connectivity index (χ0n) is 10.5. The number of rotatable bonds is 2. The molecule has 2 aromatic rings. The SMILES string of the molecule is CC(c1cccc(N)c1)N1CCn2cnnc2C1. The van der Waals surface area contributed by atoms with Gasteiger partial charge in [-0.2, -0.15) is 0 Å². The molecule has 0 aliphatic carbocycles. The molecule has 0 amide bonds. The van der Waals surface area contributed by atoms with Crippen molar-refractivity contribution in [2.24, 2.45) is 0 Å². The standard InChI is InChI=1S/C13H17N5/c1-10(11-3-2-4-12(14)7-11)17-5-6-18-9-15-16-13(18)8-17/h2-4,7,9-10H,5-6,8,14H2,1H3. The number of aromatic nitrogens is 3. The zero-order valence-corrected chi connectivity index (χ0v) is 10.5. The molecular formula is C13H17N5. The summed E-state index contributed by atoms with van der Waals surface area (Å²) in [5, 5.41) is 8.10. The number of fused-ring (bicyclic) bond motifs is 1. The van der Waals surface area contributed by atoms with Gasteiger partial charge >= 0.3 is 0 Å². The molecule has 1 aromatic heterocycles. The van der Waals surface area contributed by atoms with Gasteiger partial charge in [-0.3, -0.25) is 4.90 Å². The van der Waals surface area contributed by atoms with Gasteiger partial charge in [-0.05, 0) is 24.6 Å². The molecule has 1 atom stereocenters. The molecule has 18 heavy (non-hydrogen) atoms. The Morgan fingerprint density at radius 3 is 3.06 bits per heavy atom. The van der Waals surface area contributed by atoms with Crippen LogP contribution in [-0.2, 0) is 13.1 Å². The number of nitrogen functional groups attached to an aromatic ring is 1. The fourth-order valence-electron chi connectivity index (χ4n) is 2.45. The lowest BCUT2D eigenvalue weighted by atomic mass is 10.1. The molecule has 0 radical (unpaired) electrons. The van der Waals surface area contributed by atoms with Crippen molar-refractivity contribution in [1.29, 1.82) is 0 Å². The van der Waals surface area contributed by atoms with Gasteiger partial charge in [0.05, 0.1) is 6.54 Å². The molecule has 5 nitrogen and oxygen atoms in total. The maximum absolute atomic E-state index is 5.84. The van der Waals surface area contributed by atoms with Crippen LogP contribution in [0.5, 0.6) is 0 Å². The molecule has 1 aliphatic heterocycles. The summed E-state index contributed by atoms with van der Waals surface area (Å²) in [7, 11) is 0. The highest BCUT2D eigenvalue weighted by atomic mass is 15.3. The lowest BCUT2D eigenvalue weighted by molar-refractivity contribution is 0.163. The van der Waals surface area contributed by atoms with Gasteiger partial charge in [0.15, 0.2) is 0 Å². The third kappa shape index (κ3) is 1.97. The molecule has 1 aliphatic rings.